The molecule has 0 unspecified atom stereocenters. The summed E-state index contributed by atoms with van der Waals surface area (Å²) in [5.41, 5.74) is -0.429. The molecule has 0 bridgehead atoms. The number of fused-ring (bicyclic) bond motifs is 1. The maximum Gasteiger partial charge on any atom is 0.573 e. The Hall–Kier alpha value is -3.68. The lowest BCUT2D eigenvalue weighted by atomic mass is 10.1. The number of rotatable bonds is 5. The van der Waals surface area contributed by atoms with Crippen LogP contribution in [-0.2, 0) is 23.1 Å². The highest BCUT2D eigenvalue weighted by Gasteiger charge is 2.33. The van der Waals surface area contributed by atoms with E-state index >= 15 is 0 Å². The molecular formula is C22H16F6N4O3S. The fourth-order valence-electron chi connectivity index (χ4n) is 3.47. The number of nitrogens with zero attached hydrogens (tertiary/aromatic N) is 4. The largest absolute Gasteiger partial charge is 0.573 e. The molecule has 0 aliphatic heterocycles. The second kappa shape index (κ2) is 8.76. The van der Waals surface area contributed by atoms with Gasteiger partial charge in [0.05, 0.1) is 27.9 Å². The molecule has 3 heterocycles. The number of halogens is 6. The molecule has 0 saturated carbocycles. The molecule has 0 fully saturated rings. The fraction of sp³-hybridized carbons (Fsp3) is 0.227. The van der Waals surface area contributed by atoms with E-state index in [0.29, 0.717) is 5.56 Å². The summed E-state index contributed by atoms with van der Waals surface area (Å²) in [6.45, 7) is 1.41. The first-order valence-electron chi connectivity index (χ1n) is 10.2. The Kier molecular flexibility index (Phi) is 6.19. The van der Waals surface area contributed by atoms with Crippen molar-refractivity contribution in [1.82, 2.24) is 19.5 Å². The van der Waals surface area contributed by atoms with Crippen LogP contribution in [0.3, 0.4) is 0 Å². The first-order chi connectivity index (χ1) is 16.7. The smallest absolute Gasteiger partial charge is 0.406 e. The minimum absolute atomic E-state index is 0.00127. The predicted octanol–water partition coefficient (Wildman–Crippen LogP) is 5.41. The lowest BCUT2D eigenvalue weighted by Gasteiger charge is -2.12. The maximum atomic E-state index is 13.1. The quantitative estimate of drug-likeness (QED) is 0.321. The number of aromatic nitrogens is 4. The number of sulfone groups is 1. The van der Waals surface area contributed by atoms with Crippen molar-refractivity contribution in [2.45, 2.75) is 24.4 Å². The van der Waals surface area contributed by atoms with E-state index in [1.165, 1.54) is 42.9 Å². The van der Waals surface area contributed by atoms with Crippen LogP contribution in [0.1, 0.15) is 12.6 Å². The van der Waals surface area contributed by atoms with Gasteiger partial charge in [0.2, 0.25) is 0 Å². The van der Waals surface area contributed by atoms with Crippen molar-refractivity contribution in [2.24, 2.45) is 7.05 Å². The molecule has 190 valence electrons. The Morgan fingerprint density at radius 2 is 1.61 bits per heavy atom. The van der Waals surface area contributed by atoms with Gasteiger partial charge in [-0.05, 0) is 29.8 Å². The molecule has 0 saturated heterocycles. The Labute approximate surface area is 200 Å². The van der Waals surface area contributed by atoms with Crippen molar-refractivity contribution in [3.8, 4) is 28.4 Å². The number of imidazole rings is 1. The van der Waals surface area contributed by atoms with Crippen LogP contribution in [0.25, 0.3) is 33.7 Å². The van der Waals surface area contributed by atoms with Crippen molar-refractivity contribution in [3.63, 3.8) is 0 Å². The van der Waals surface area contributed by atoms with Gasteiger partial charge in [-0.3, -0.25) is 4.98 Å². The van der Waals surface area contributed by atoms with Crippen LogP contribution < -0.4 is 4.74 Å². The minimum Gasteiger partial charge on any atom is -0.406 e. The molecule has 7 nitrogen and oxygen atoms in total. The third kappa shape index (κ3) is 4.98. The number of alkyl halides is 6. The lowest BCUT2D eigenvalue weighted by molar-refractivity contribution is -0.274. The Balaban J connectivity index is 1.84. The summed E-state index contributed by atoms with van der Waals surface area (Å²) in [7, 11) is -2.43. The second-order valence-electron chi connectivity index (χ2n) is 7.60. The molecule has 36 heavy (non-hydrogen) atoms. The van der Waals surface area contributed by atoms with E-state index in [2.05, 4.69) is 19.7 Å². The molecule has 0 aliphatic rings. The fourth-order valence-corrected chi connectivity index (χ4v) is 4.52. The molecule has 0 N–H and O–H groups in total. The van der Waals surface area contributed by atoms with Gasteiger partial charge in [0, 0.05) is 18.8 Å². The standard InChI is InChI=1S/C22H16F6N4O3S/c1-3-36(33,34)17-8-13(12-4-6-14(7-5-12)35-22(26,27)28)10-30-19(17)20-31-15-9-18(21(23,24)25)29-11-16(15)32(20)2/h4-11H,3H2,1-2H3. The monoisotopic (exact) mass is 530 g/mol. The lowest BCUT2D eigenvalue weighted by Crippen LogP contribution is -2.16. The van der Waals surface area contributed by atoms with Gasteiger partial charge >= 0.3 is 12.5 Å². The maximum absolute atomic E-state index is 13.1. The van der Waals surface area contributed by atoms with E-state index in [0.717, 1.165) is 24.4 Å². The zero-order chi connectivity index (χ0) is 26.5. The Bertz CT molecular complexity index is 1550. The SMILES string of the molecule is CCS(=O)(=O)c1cc(-c2ccc(OC(F)(F)F)cc2)cnc1-c1nc2cc(C(F)(F)F)ncc2n1C. The molecule has 0 amide bonds. The van der Waals surface area contributed by atoms with Crippen molar-refractivity contribution in [2.75, 3.05) is 5.75 Å². The van der Waals surface area contributed by atoms with E-state index in [4.69, 9.17) is 0 Å². The molecule has 0 radical (unpaired) electrons. The predicted molar refractivity (Wildman–Crippen MR) is 117 cm³/mol. The summed E-state index contributed by atoms with van der Waals surface area (Å²) in [5.74, 6) is -0.768. The number of aryl methyl sites for hydroxylation is 1. The van der Waals surface area contributed by atoms with Crippen LogP contribution in [0.4, 0.5) is 26.3 Å². The van der Waals surface area contributed by atoms with E-state index in [1.54, 1.807) is 0 Å². The number of ether oxygens (including phenoxy) is 1. The van der Waals surface area contributed by atoms with Crippen molar-refractivity contribution in [1.29, 1.82) is 0 Å². The van der Waals surface area contributed by atoms with E-state index in [1.807, 2.05) is 0 Å². The molecule has 14 heteroatoms. The summed E-state index contributed by atoms with van der Waals surface area (Å²) in [4.78, 5) is 11.6. The molecule has 0 atom stereocenters. The molecule has 0 aliphatic carbocycles. The second-order valence-corrected chi connectivity index (χ2v) is 9.84. The number of hydrogen-bond donors (Lipinski definition) is 0. The molecule has 4 aromatic rings. The van der Waals surface area contributed by atoms with Gasteiger partial charge < -0.3 is 9.30 Å². The third-order valence-corrected chi connectivity index (χ3v) is 7.00. The summed E-state index contributed by atoms with van der Waals surface area (Å²) in [6, 6.07) is 6.80. The van der Waals surface area contributed by atoms with Gasteiger partial charge in [0.15, 0.2) is 15.7 Å². The topological polar surface area (TPSA) is 87.0 Å². The van der Waals surface area contributed by atoms with Gasteiger partial charge in [-0.1, -0.05) is 19.1 Å². The van der Waals surface area contributed by atoms with Crippen LogP contribution >= 0.6 is 0 Å². The van der Waals surface area contributed by atoms with Crippen molar-refractivity contribution in [3.05, 3.63) is 54.5 Å². The Morgan fingerprint density at radius 1 is 0.944 bits per heavy atom. The average molecular weight is 530 g/mol. The minimum atomic E-state index is -4.87. The highest BCUT2D eigenvalue weighted by Crippen LogP contribution is 2.34. The molecular weight excluding hydrogens is 514 g/mol. The Morgan fingerprint density at radius 3 is 2.19 bits per heavy atom. The third-order valence-electron chi connectivity index (χ3n) is 5.26. The normalized spacial score (nSPS) is 12.8. The summed E-state index contributed by atoms with van der Waals surface area (Å²) >= 11 is 0. The average Bonchev–Trinajstić information content (AvgIpc) is 3.13. The van der Waals surface area contributed by atoms with Gasteiger partial charge in [0.1, 0.15) is 17.1 Å². The van der Waals surface area contributed by atoms with Crippen LogP contribution in [-0.4, -0.2) is 40.1 Å². The first kappa shape index (κ1) is 25.4. The zero-order valence-electron chi connectivity index (χ0n) is 18.5. The molecule has 3 aromatic heterocycles. The van der Waals surface area contributed by atoms with Crippen molar-refractivity contribution >= 4 is 20.9 Å². The van der Waals surface area contributed by atoms with Gasteiger partial charge in [-0.15, -0.1) is 13.2 Å². The molecule has 0 spiro atoms. The molecule has 1 aromatic carbocycles. The summed E-state index contributed by atoms with van der Waals surface area (Å²) in [5, 5.41) is 0. The summed E-state index contributed by atoms with van der Waals surface area (Å²) < 4.78 is 108. The van der Waals surface area contributed by atoms with Gasteiger partial charge in [-0.2, -0.15) is 13.2 Å². The van der Waals surface area contributed by atoms with Crippen LogP contribution in [0.15, 0.2) is 53.7 Å². The zero-order valence-corrected chi connectivity index (χ0v) is 19.3. The number of pyridine rings is 2. The molecule has 4 rings (SSSR count). The van der Waals surface area contributed by atoms with E-state index < -0.39 is 33.8 Å². The van der Waals surface area contributed by atoms with Gasteiger partial charge in [0.25, 0.3) is 0 Å². The highest BCUT2D eigenvalue weighted by atomic mass is 32.2. The first-order valence-corrected chi connectivity index (χ1v) is 11.8. The summed E-state index contributed by atoms with van der Waals surface area (Å²) in [6.07, 6.45) is -7.28. The highest BCUT2D eigenvalue weighted by molar-refractivity contribution is 7.91. The van der Waals surface area contributed by atoms with Crippen LogP contribution in [0.5, 0.6) is 5.75 Å². The van der Waals surface area contributed by atoms with E-state index in [9.17, 15) is 34.8 Å². The van der Waals surface area contributed by atoms with Crippen LogP contribution in [0.2, 0.25) is 0 Å². The van der Waals surface area contributed by atoms with E-state index in [-0.39, 0.29) is 38.8 Å². The van der Waals surface area contributed by atoms with Crippen molar-refractivity contribution < 1.29 is 39.5 Å². The number of benzene rings is 1. The van der Waals surface area contributed by atoms with Gasteiger partial charge in [-0.25, -0.2) is 18.4 Å². The number of hydrogen-bond acceptors (Lipinski definition) is 6. The van der Waals surface area contributed by atoms with Crippen LogP contribution in [0, 0.1) is 0 Å².